The lowest BCUT2D eigenvalue weighted by Gasteiger charge is -2.34. The van der Waals surface area contributed by atoms with Crippen LogP contribution in [0.25, 0.3) is 0 Å². The van der Waals surface area contributed by atoms with Gasteiger partial charge in [0.05, 0.1) is 11.6 Å². The average Bonchev–Trinajstić information content (AvgIpc) is 3.12. The highest BCUT2D eigenvalue weighted by atomic mass is 16.7. The van der Waals surface area contributed by atoms with E-state index < -0.39 is 0 Å². The third kappa shape index (κ3) is 3.60. The second-order valence-corrected chi connectivity index (χ2v) is 6.51. The van der Waals surface area contributed by atoms with Gasteiger partial charge in [-0.3, -0.25) is 9.80 Å². The highest BCUT2D eigenvalue weighted by molar-refractivity contribution is 5.44. The van der Waals surface area contributed by atoms with Gasteiger partial charge >= 0.3 is 0 Å². The molecule has 0 unspecified atom stereocenters. The minimum atomic E-state index is 0.321. The number of hydrogen-bond acceptors (Lipinski definition) is 5. The van der Waals surface area contributed by atoms with Gasteiger partial charge in [0.1, 0.15) is 0 Å². The van der Waals surface area contributed by atoms with Gasteiger partial charge in [-0.1, -0.05) is 24.3 Å². The minimum absolute atomic E-state index is 0.321. The van der Waals surface area contributed by atoms with E-state index in [0.29, 0.717) is 6.79 Å². The van der Waals surface area contributed by atoms with E-state index in [1.54, 1.807) is 0 Å². The minimum Gasteiger partial charge on any atom is -0.454 e. The number of hydrogen-bond donors (Lipinski definition) is 0. The Balaban J connectivity index is 1.32. The van der Waals surface area contributed by atoms with Gasteiger partial charge in [-0.05, 0) is 29.3 Å². The van der Waals surface area contributed by atoms with Crippen LogP contribution in [0.1, 0.15) is 16.7 Å². The van der Waals surface area contributed by atoms with Gasteiger partial charge in [0.25, 0.3) is 0 Å². The Hall–Kier alpha value is -2.55. The number of piperazine rings is 1. The third-order valence-electron chi connectivity index (χ3n) is 4.84. The Morgan fingerprint density at radius 1 is 0.880 bits per heavy atom. The fourth-order valence-corrected chi connectivity index (χ4v) is 3.41. The number of rotatable bonds is 4. The van der Waals surface area contributed by atoms with E-state index in [1.807, 2.05) is 24.3 Å². The van der Waals surface area contributed by atoms with Crippen molar-refractivity contribution in [1.82, 2.24) is 9.80 Å². The van der Waals surface area contributed by atoms with Crippen LogP contribution in [-0.2, 0) is 13.1 Å². The molecule has 128 valence electrons. The maximum Gasteiger partial charge on any atom is 0.231 e. The molecule has 2 aromatic rings. The number of nitrogens with zero attached hydrogens (tertiary/aromatic N) is 3. The van der Waals surface area contributed by atoms with Crippen LogP contribution in [0.4, 0.5) is 0 Å². The van der Waals surface area contributed by atoms with Crippen LogP contribution < -0.4 is 9.47 Å². The van der Waals surface area contributed by atoms with Gasteiger partial charge in [-0.15, -0.1) is 0 Å². The molecule has 0 radical (unpaired) electrons. The molecule has 25 heavy (non-hydrogen) atoms. The first-order chi connectivity index (χ1) is 12.3. The molecule has 4 rings (SSSR count). The highest BCUT2D eigenvalue weighted by Gasteiger charge is 2.19. The normalized spacial score (nSPS) is 17.4. The van der Waals surface area contributed by atoms with E-state index in [9.17, 15) is 5.26 Å². The predicted molar refractivity (Wildman–Crippen MR) is 94.3 cm³/mol. The first-order valence-corrected chi connectivity index (χ1v) is 8.63. The van der Waals surface area contributed by atoms with Crippen molar-refractivity contribution >= 4 is 0 Å². The van der Waals surface area contributed by atoms with Crippen LogP contribution in [0.15, 0.2) is 42.5 Å². The smallest absolute Gasteiger partial charge is 0.231 e. The maximum absolute atomic E-state index is 9.22. The fourth-order valence-electron chi connectivity index (χ4n) is 3.41. The van der Waals surface area contributed by atoms with Crippen molar-refractivity contribution in [3.05, 3.63) is 59.2 Å². The molecule has 5 nitrogen and oxygen atoms in total. The Morgan fingerprint density at radius 2 is 1.60 bits per heavy atom. The van der Waals surface area contributed by atoms with Crippen molar-refractivity contribution in [2.24, 2.45) is 0 Å². The number of fused-ring (bicyclic) bond motifs is 1. The standard InChI is InChI=1S/C20H21N3O2/c21-12-17-3-1-2-4-18(17)14-23-9-7-22(8-10-23)13-16-5-6-19-20(11-16)25-15-24-19/h1-6,11H,7-10,13-15H2. The second kappa shape index (κ2) is 7.14. The van der Waals surface area contributed by atoms with Crippen molar-refractivity contribution in [1.29, 1.82) is 5.26 Å². The van der Waals surface area contributed by atoms with Crippen LogP contribution in [-0.4, -0.2) is 42.8 Å². The van der Waals surface area contributed by atoms with Crippen LogP contribution in [0.2, 0.25) is 0 Å². The molecule has 1 fully saturated rings. The Morgan fingerprint density at radius 3 is 2.40 bits per heavy atom. The summed E-state index contributed by atoms with van der Waals surface area (Å²) in [6.45, 7) is 6.20. The SMILES string of the molecule is N#Cc1ccccc1CN1CCN(Cc2ccc3c(c2)OCO3)CC1. The molecule has 2 aromatic carbocycles. The number of benzene rings is 2. The molecule has 0 spiro atoms. The summed E-state index contributed by atoms with van der Waals surface area (Å²) in [6, 6.07) is 16.4. The summed E-state index contributed by atoms with van der Waals surface area (Å²) in [4.78, 5) is 4.89. The molecule has 0 bridgehead atoms. The molecule has 0 saturated carbocycles. The van der Waals surface area contributed by atoms with Gasteiger partial charge < -0.3 is 9.47 Å². The summed E-state index contributed by atoms with van der Waals surface area (Å²) in [5, 5.41) is 9.22. The lowest BCUT2D eigenvalue weighted by molar-refractivity contribution is 0.122. The summed E-state index contributed by atoms with van der Waals surface area (Å²) in [5.41, 5.74) is 3.16. The Kier molecular flexibility index (Phi) is 4.55. The number of ether oxygens (including phenoxy) is 2. The summed E-state index contributed by atoms with van der Waals surface area (Å²) >= 11 is 0. The van der Waals surface area contributed by atoms with E-state index in [-0.39, 0.29) is 0 Å². The molecular weight excluding hydrogens is 314 g/mol. The predicted octanol–water partition coefficient (Wildman–Crippen LogP) is 2.60. The zero-order valence-corrected chi connectivity index (χ0v) is 14.1. The molecule has 0 N–H and O–H groups in total. The van der Waals surface area contributed by atoms with Crippen LogP contribution >= 0.6 is 0 Å². The van der Waals surface area contributed by atoms with E-state index in [2.05, 4.69) is 34.1 Å². The molecule has 0 atom stereocenters. The van der Waals surface area contributed by atoms with Crippen LogP contribution in [0.3, 0.4) is 0 Å². The van der Waals surface area contributed by atoms with Gasteiger partial charge in [-0.25, -0.2) is 0 Å². The van der Waals surface area contributed by atoms with E-state index in [4.69, 9.17) is 9.47 Å². The van der Waals surface area contributed by atoms with E-state index in [1.165, 1.54) is 5.56 Å². The maximum atomic E-state index is 9.22. The summed E-state index contributed by atoms with van der Waals surface area (Å²) in [7, 11) is 0. The molecule has 5 heteroatoms. The van der Waals surface area contributed by atoms with Crippen molar-refractivity contribution in [3.63, 3.8) is 0 Å². The first kappa shape index (κ1) is 15.9. The summed E-state index contributed by atoms with van der Waals surface area (Å²) < 4.78 is 10.8. The van der Waals surface area contributed by atoms with Gasteiger partial charge in [0.2, 0.25) is 6.79 Å². The lowest BCUT2D eigenvalue weighted by Crippen LogP contribution is -2.45. The second-order valence-electron chi connectivity index (χ2n) is 6.51. The van der Waals surface area contributed by atoms with Crippen molar-refractivity contribution in [2.75, 3.05) is 33.0 Å². The van der Waals surface area contributed by atoms with Crippen molar-refractivity contribution in [2.45, 2.75) is 13.1 Å². The van der Waals surface area contributed by atoms with Crippen molar-refractivity contribution in [3.8, 4) is 17.6 Å². The van der Waals surface area contributed by atoms with Gasteiger partial charge in [-0.2, -0.15) is 5.26 Å². The van der Waals surface area contributed by atoms with Crippen LogP contribution in [0.5, 0.6) is 11.5 Å². The molecular formula is C20H21N3O2. The topological polar surface area (TPSA) is 48.7 Å². The van der Waals surface area contributed by atoms with E-state index >= 15 is 0 Å². The quantitative estimate of drug-likeness (QED) is 0.860. The molecule has 1 saturated heterocycles. The molecule has 2 aliphatic heterocycles. The zero-order valence-electron chi connectivity index (χ0n) is 14.1. The largest absolute Gasteiger partial charge is 0.454 e. The molecule has 2 aliphatic rings. The van der Waals surface area contributed by atoms with Gasteiger partial charge in [0, 0.05) is 39.3 Å². The summed E-state index contributed by atoms with van der Waals surface area (Å²) in [6.07, 6.45) is 0. The number of nitriles is 1. The Bertz CT molecular complexity index is 792. The average molecular weight is 335 g/mol. The molecule has 2 heterocycles. The van der Waals surface area contributed by atoms with Crippen LogP contribution in [0, 0.1) is 11.3 Å². The molecule has 0 aliphatic carbocycles. The molecule has 0 aromatic heterocycles. The first-order valence-electron chi connectivity index (χ1n) is 8.63. The van der Waals surface area contributed by atoms with Gasteiger partial charge in [0.15, 0.2) is 11.5 Å². The van der Waals surface area contributed by atoms with Crippen molar-refractivity contribution < 1.29 is 9.47 Å². The Labute approximate surface area is 148 Å². The van der Waals surface area contributed by atoms with E-state index in [0.717, 1.165) is 61.9 Å². The monoisotopic (exact) mass is 335 g/mol. The summed E-state index contributed by atoms with van der Waals surface area (Å²) in [5.74, 6) is 1.69. The fraction of sp³-hybridized carbons (Fsp3) is 0.350. The molecule has 0 amide bonds. The lowest BCUT2D eigenvalue weighted by atomic mass is 10.1. The zero-order chi connectivity index (χ0) is 17.1. The third-order valence-corrected chi connectivity index (χ3v) is 4.84. The highest BCUT2D eigenvalue weighted by Crippen LogP contribution is 2.32.